The molecule has 0 spiro atoms. The number of rotatable bonds is 6. The highest BCUT2D eigenvalue weighted by atomic mass is 79.9. The fraction of sp³-hybridized carbons (Fsp3) is 0.400. The highest BCUT2D eigenvalue weighted by Crippen LogP contribution is 2.16. The molecule has 5 nitrogen and oxygen atoms in total. The van der Waals surface area contributed by atoms with E-state index in [1.165, 1.54) is 10.9 Å². The predicted octanol–water partition coefficient (Wildman–Crippen LogP) is 1.86. The third-order valence-corrected chi connectivity index (χ3v) is 2.61. The minimum atomic E-state index is -0.339. The van der Waals surface area contributed by atoms with Crippen molar-refractivity contribution in [3.63, 3.8) is 0 Å². The van der Waals surface area contributed by atoms with Crippen molar-refractivity contribution >= 4 is 33.2 Å². The Hall–Kier alpha value is -0.850. The lowest BCUT2D eigenvalue weighted by atomic mass is 10.4. The van der Waals surface area contributed by atoms with Gasteiger partial charge in [0.2, 0.25) is 0 Å². The van der Waals surface area contributed by atoms with Crippen molar-refractivity contribution in [2.24, 2.45) is 0 Å². The van der Waals surface area contributed by atoms with Crippen LogP contribution in [-0.2, 0) is 11.3 Å². The molecule has 1 aromatic rings. The molecule has 7 heteroatoms. The average Bonchev–Trinajstić information content (AvgIpc) is 2.29. The van der Waals surface area contributed by atoms with Crippen molar-refractivity contribution in [3.05, 3.63) is 32.6 Å². The fourth-order valence-electron chi connectivity index (χ4n) is 1.12. The van der Waals surface area contributed by atoms with Gasteiger partial charge in [-0.15, -0.1) is 0 Å². The molecular formula is C10H13BrClN3O2. The second-order valence-corrected chi connectivity index (χ2v) is 4.76. The Morgan fingerprint density at radius 1 is 1.76 bits per heavy atom. The van der Waals surface area contributed by atoms with Gasteiger partial charge in [0.1, 0.15) is 5.02 Å². The normalized spacial score (nSPS) is 10.3. The first-order valence-electron chi connectivity index (χ1n) is 4.88. The van der Waals surface area contributed by atoms with Crippen LogP contribution >= 0.6 is 27.5 Å². The molecule has 0 atom stereocenters. The first-order valence-corrected chi connectivity index (χ1v) is 6.05. The summed E-state index contributed by atoms with van der Waals surface area (Å²) >= 11 is 9.14. The van der Waals surface area contributed by atoms with Crippen LogP contribution in [0.15, 0.2) is 22.1 Å². The van der Waals surface area contributed by atoms with Crippen LogP contribution in [0, 0.1) is 0 Å². The molecule has 1 heterocycles. The van der Waals surface area contributed by atoms with Crippen LogP contribution in [0.3, 0.4) is 0 Å². The lowest BCUT2D eigenvalue weighted by Gasteiger charge is -2.09. The van der Waals surface area contributed by atoms with Gasteiger partial charge >= 0.3 is 0 Å². The summed E-state index contributed by atoms with van der Waals surface area (Å²) in [6, 6.07) is 0. The van der Waals surface area contributed by atoms with Crippen molar-refractivity contribution in [2.45, 2.75) is 6.54 Å². The third kappa shape index (κ3) is 4.14. The molecule has 17 heavy (non-hydrogen) atoms. The number of ether oxygens (including phenoxy) is 1. The quantitative estimate of drug-likeness (QED) is 0.868. The van der Waals surface area contributed by atoms with E-state index >= 15 is 0 Å². The van der Waals surface area contributed by atoms with Crippen molar-refractivity contribution in [1.82, 2.24) is 9.78 Å². The van der Waals surface area contributed by atoms with Crippen molar-refractivity contribution < 1.29 is 4.74 Å². The van der Waals surface area contributed by atoms with Crippen molar-refractivity contribution in [3.8, 4) is 0 Å². The number of nitrogens with one attached hydrogen (secondary N) is 1. The van der Waals surface area contributed by atoms with E-state index in [1.54, 1.807) is 7.11 Å². The topological polar surface area (TPSA) is 56.1 Å². The van der Waals surface area contributed by atoms with Crippen LogP contribution in [0.4, 0.5) is 5.69 Å². The molecule has 0 aliphatic rings. The van der Waals surface area contributed by atoms with E-state index in [0.29, 0.717) is 25.4 Å². The molecule has 1 rings (SSSR count). The Kier molecular flexibility index (Phi) is 5.67. The number of hydrogen-bond donors (Lipinski definition) is 1. The molecule has 0 amide bonds. The van der Waals surface area contributed by atoms with Gasteiger partial charge in [-0.1, -0.05) is 34.1 Å². The molecule has 0 saturated heterocycles. The van der Waals surface area contributed by atoms with Gasteiger partial charge in [0.05, 0.1) is 25.0 Å². The van der Waals surface area contributed by atoms with E-state index in [1.807, 2.05) is 0 Å². The first-order chi connectivity index (χ1) is 8.06. The summed E-state index contributed by atoms with van der Waals surface area (Å²) in [4.78, 5) is 11.8. The molecule has 0 radical (unpaired) electrons. The summed E-state index contributed by atoms with van der Waals surface area (Å²) < 4.78 is 6.90. The zero-order valence-corrected chi connectivity index (χ0v) is 11.7. The van der Waals surface area contributed by atoms with E-state index in [4.69, 9.17) is 16.3 Å². The molecule has 0 fully saturated rings. The Morgan fingerprint density at radius 2 is 2.47 bits per heavy atom. The van der Waals surface area contributed by atoms with Crippen LogP contribution in [0.1, 0.15) is 0 Å². The third-order valence-electron chi connectivity index (χ3n) is 1.96. The van der Waals surface area contributed by atoms with Gasteiger partial charge in [0.25, 0.3) is 5.56 Å². The van der Waals surface area contributed by atoms with Gasteiger partial charge in [-0.2, -0.15) is 5.10 Å². The Labute approximate surface area is 113 Å². The number of anilines is 1. The molecular weight excluding hydrogens is 309 g/mol. The highest BCUT2D eigenvalue weighted by Gasteiger charge is 2.08. The molecule has 0 aromatic carbocycles. The molecule has 0 saturated carbocycles. The molecule has 1 N–H and O–H groups in total. The van der Waals surface area contributed by atoms with E-state index in [0.717, 1.165) is 4.48 Å². The lowest BCUT2D eigenvalue weighted by molar-refractivity contribution is 0.182. The van der Waals surface area contributed by atoms with Crippen LogP contribution in [-0.4, -0.2) is 30.0 Å². The van der Waals surface area contributed by atoms with E-state index < -0.39 is 0 Å². The lowest BCUT2D eigenvalue weighted by Crippen LogP contribution is -2.26. The summed E-state index contributed by atoms with van der Waals surface area (Å²) in [6.45, 7) is 4.93. The first kappa shape index (κ1) is 14.2. The van der Waals surface area contributed by atoms with Gasteiger partial charge in [-0.3, -0.25) is 4.79 Å². The van der Waals surface area contributed by atoms with Crippen molar-refractivity contribution in [1.29, 1.82) is 0 Å². The molecule has 1 aromatic heterocycles. The number of halogens is 2. The van der Waals surface area contributed by atoms with Gasteiger partial charge in [0, 0.05) is 18.1 Å². The highest BCUT2D eigenvalue weighted by molar-refractivity contribution is 9.11. The summed E-state index contributed by atoms with van der Waals surface area (Å²) in [5, 5.41) is 7.05. The summed E-state index contributed by atoms with van der Waals surface area (Å²) in [5.74, 6) is 0. The zero-order chi connectivity index (χ0) is 12.8. The van der Waals surface area contributed by atoms with Crippen LogP contribution in [0.25, 0.3) is 0 Å². The SMILES string of the molecule is C=C(Br)CNc1cnn(CCOC)c(=O)c1Cl. The smallest absolute Gasteiger partial charge is 0.287 e. The molecule has 0 bridgehead atoms. The number of methoxy groups -OCH3 is 1. The van der Waals surface area contributed by atoms with Gasteiger partial charge in [-0.25, -0.2) is 4.68 Å². The van der Waals surface area contributed by atoms with Crippen molar-refractivity contribution in [2.75, 3.05) is 25.6 Å². The second kappa shape index (κ2) is 6.78. The Morgan fingerprint density at radius 3 is 3.06 bits per heavy atom. The Balaban J connectivity index is 2.86. The van der Waals surface area contributed by atoms with Gasteiger partial charge < -0.3 is 10.1 Å². The summed E-state index contributed by atoms with van der Waals surface area (Å²) in [5.41, 5.74) is 0.153. The standard InChI is InChI=1S/C10H13BrClN3O2/c1-7(11)5-13-8-6-14-15(3-4-17-2)10(16)9(8)12/h6,13H,1,3-5H2,2H3. The predicted molar refractivity (Wildman–Crippen MR) is 71.9 cm³/mol. The van der Waals surface area contributed by atoms with E-state index in [9.17, 15) is 4.79 Å². The van der Waals surface area contributed by atoms with Crippen LogP contribution < -0.4 is 10.9 Å². The monoisotopic (exact) mass is 321 g/mol. The molecule has 0 unspecified atom stereocenters. The molecule has 0 aliphatic heterocycles. The summed E-state index contributed by atoms with van der Waals surface area (Å²) in [7, 11) is 1.56. The van der Waals surface area contributed by atoms with Crippen LogP contribution in [0.2, 0.25) is 5.02 Å². The number of hydrogen-bond acceptors (Lipinski definition) is 4. The second-order valence-electron chi connectivity index (χ2n) is 3.26. The molecule has 0 aliphatic carbocycles. The minimum Gasteiger partial charge on any atom is -0.383 e. The van der Waals surface area contributed by atoms with E-state index in [-0.39, 0.29) is 10.6 Å². The average molecular weight is 323 g/mol. The molecule has 94 valence electrons. The minimum absolute atomic E-state index is 0.116. The van der Waals surface area contributed by atoms with Gasteiger partial charge in [-0.05, 0) is 0 Å². The maximum absolute atomic E-state index is 11.8. The van der Waals surface area contributed by atoms with Gasteiger partial charge in [0.15, 0.2) is 0 Å². The number of nitrogens with zero attached hydrogens (tertiary/aromatic N) is 2. The number of aromatic nitrogens is 2. The summed E-state index contributed by atoms with van der Waals surface area (Å²) in [6.07, 6.45) is 1.51. The van der Waals surface area contributed by atoms with Crippen LogP contribution in [0.5, 0.6) is 0 Å². The maximum Gasteiger partial charge on any atom is 0.287 e. The zero-order valence-electron chi connectivity index (χ0n) is 9.37. The van der Waals surface area contributed by atoms with E-state index in [2.05, 4.69) is 32.9 Å². The Bertz CT molecular complexity index is 461. The maximum atomic E-state index is 11.8. The largest absolute Gasteiger partial charge is 0.383 e. The fourth-order valence-corrected chi connectivity index (χ4v) is 1.47.